The highest BCUT2D eigenvalue weighted by Gasteiger charge is 2.20. The molecular weight excluding hydrogens is 168 g/mol. The standard InChI is InChI=1S/C8H14N4O/c1-6-9-8(13-11-6)10-7-3-4-12(2)5-7/h7H,3-5H2,1-2H3,(H,9,10,11). The molecule has 0 spiro atoms. The number of nitrogens with zero attached hydrogens (tertiary/aromatic N) is 3. The maximum atomic E-state index is 4.97. The van der Waals surface area contributed by atoms with E-state index < -0.39 is 0 Å². The number of aryl methyl sites for hydroxylation is 1. The normalized spacial score (nSPS) is 23.7. The summed E-state index contributed by atoms with van der Waals surface area (Å²) >= 11 is 0. The molecule has 2 rings (SSSR count). The first kappa shape index (κ1) is 8.50. The molecule has 1 aliphatic rings. The summed E-state index contributed by atoms with van der Waals surface area (Å²) < 4.78 is 4.97. The highest BCUT2D eigenvalue weighted by atomic mass is 16.5. The molecule has 13 heavy (non-hydrogen) atoms. The van der Waals surface area contributed by atoms with Gasteiger partial charge in [-0.3, -0.25) is 0 Å². The van der Waals surface area contributed by atoms with Crippen LogP contribution < -0.4 is 5.32 Å². The largest absolute Gasteiger partial charge is 0.334 e. The van der Waals surface area contributed by atoms with Crippen LogP contribution in [0, 0.1) is 6.92 Å². The zero-order valence-corrected chi connectivity index (χ0v) is 7.95. The predicted molar refractivity (Wildman–Crippen MR) is 48.6 cm³/mol. The Kier molecular flexibility index (Phi) is 2.18. The molecule has 1 unspecified atom stereocenters. The molecule has 0 aliphatic carbocycles. The van der Waals surface area contributed by atoms with Gasteiger partial charge in [-0.2, -0.15) is 4.98 Å². The number of likely N-dealkylation sites (tertiary alicyclic amines) is 1. The highest BCUT2D eigenvalue weighted by Crippen LogP contribution is 2.12. The molecule has 1 aliphatic heterocycles. The fourth-order valence-corrected chi connectivity index (χ4v) is 1.58. The SMILES string of the molecule is Cc1noc(NC2CCN(C)C2)n1. The van der Waals surface area contributed by atoms with Gasteiger partial charge in [-0.25, -0.2) is 0 Å². The molecule has 1 saturated heterocycles. The van der Waals surface area contributed by atoms with Crippen LogP contribution >= 0.6 is 0 Å². The van der Waals surface area contributed by atoms with E-state index in [0.717, 1.165) is 19.5 Å². The van der Waals surface area contributed by atoms with Crippen molar-refractivity contribution in [1.29, 1.82) is 0 Å². The second-order valence-corrected chi connectivity index (χ2v) is 3.54. The van der Waals surface area contributed by atoms with E-state index in [1.54, 1.807) is 0 Å². The molecular formula is C8H14N4O. The maximum absolute atomic E-state index is 4.97. The summed E-state index contributed by atoms with van der Waals surface area (Å²) in [6.45, 7) is 3.99. The van der Waals surface area contributed by atoms with E-state index in [-0.39, 0.29) is 0 Å². The van der Waals surface area contributed by atoms with Crippen molar-refractivity contribution in [2.24, 2.45) is 0 Å². The molecule has 0 saturated carbocycles. The number of likely N-dealkylation sites (N-methyl/N-ethyl adjacent to an activating group) is 1. The first-order chi connectivity index (χ1) is 6.24. The van der Waals surface area contributed by atoms with Crippen molar-refractivity contribution in [2.75, 3.05) is 25.5 Å². The Morgan fingerprint density at radius 1 is 1.62 bits per heavy atom. The lowest BCUT2D eigenvalue weighted by molar-refractivity contribution is 0.405. The van der Waals surface area contributed by atoms with E-state index in [4.69, 9.17) is 4.52 Å². The Balaban J connectivity index is 1.91. The number of rotatable bonds is 2. The third kappa shape index (κ3) is 1.98. The van der Waals surface area contributed by atoms with Crippen LogP contribution in [0.2, 0.25) is 0 Å². The number of anilines is 1. The Morgan fingerprint density at radius 2 is 2.46 bits per heavy atom. The van der Waals surface area contributed by atoms with Crippen LogP contribution in [0.25, 0.3) is 0 Å². The predicted octanol–water partition coefficient (Wildman–Crippen LogP) is 0.494. The first-order valence-electron chi connectivity index (χ1n) is 4.49. The molecule has 0 amide bonds. The van der Waals surface area contributed by atoms with E-state index in [1.165, 1.54) is 0 Å². The van der Waals surface area contributed by atoms with Crippen molar-refractivity contribution in [2.45, 2.75) is 19.4 Å². The number of aromatic nitrogens is 2. The van der Waals surface area contributed by atoms with Crippen molar-refractivity contribution in [3.05, 3.63) is 5.82 Å². The molecule has 5 heteroatoms. The van der Waals surface area contributed by atoms with E-state index in [9.17, 15) is 0 Å². The van der Waals surface area contributed by atoms with Crippen molar-refractivity contribution in [3.63, 3.8) is 0 Å². The lowest BCUT2D eigenvalue weighted by Crippen LogP contribution is -2.23. The van der Waals surface area contributed by atoms with Crippen LogP contribution in [0.15, 0.2) is 4.52 Å². The van der Waals surface area contributed by atoms with Crippen LogP contribution in [0.4, 0.5) is 6.01 Å². The zero-order valence-electron chi connectivity index (χ0n) is 7.95. The fourth-order valence-electron chi connectivity index (χ4n) is 1.58. The van der Waals surface area contributed by atoms with Gasteiger partial charge in [0.25, 0.3) is 0 Å². The zero-order chi connectivity index (χ0) is 9.26. The molecule has 1 fully saturated rings. The lowest BCUT2D eigenvalue weighted by Gasteiger charge is -2.09. The van der Waals surface area contributed by atoms with E-state index in [1.807, 2.05) is 6.92 Å². The van der Waals surface area contributed by atoms with E-state index in [2.05, 4.69) is 27.4 Å². The maximum Gasteiger partial charge on any atom is 0.321 e. The van der Waals surface area contributed by atoms with Gasteiger partial charge in [-0.15, -0.1) is 0 Å². The molecule has 1 atom stereocenters. The smallest absolute Gasteiger partial charge is 0.321 e. The van der Waals surface area contributed by atoms with Crippen LogP contribution in [0.1, 0.15) is 12.2 Å². The summed E-state index contributed by atoms with van der Waals surface area (Å²) in [5.74, 6) is 0.675. The molecule has 1 aromatic rings. The lowest BCUT2D eigenvalue weighted by atomic mass is 10.3. The van der Waals surface area contributed by atoms with Crippen molar-refractivity contribution < 1.29 is 4.52 Å². The minimum Gasteiger partial charge on any atom is -0.334 e. The summed E-state index contributed by atoms with van der Waals surface area (Å²) in [6, 6.07) is 0.989. The summed E-state index contributed by atoms with van der Waals surface area (Å²) in [6.07, 6.45) is 1.14. The van der Waals surface area contributed by atoms with Gasteiger partial charge >= 0.3 is 6.01 Å². The number of hydrogen-bond donors (Lipinski definition) is 1. The minimum atomic E-state index is 0.449. The minimum absolute atomic E-state index is 0.449. The van der Waals surface area contributed by atoms with Crippen LogP contribution in [0.3, 0.4) is 0 Å². The highest BCUT2D eigenvalue weighted by molar-refractivity contribution is 5.21. The topological polar surface area (TPSA) is 54.2 Å². The van der Waals surface area contributed by atoms with Crippen LogP contribution in [-0.4, -0.2) is 41.2 Å². The van der Waals surface area contributed by atoms with Crippen molar-refractivity contribution >= 4 is 6.01 Å². The van der Waals surface area contributed by atoms with Crippen LogP contribution in [0.5, 0.6) is 0 Å². The second kappa shape index (κ2) is 3.33. The molecule has 0 bridgehead atoms. The van der Waals surface area contributed by atoms with Gasteiger partial charge in [0, 0.05) is 12.6 Å². The third-order valence-corrected chi connectivity index (χ3v) is 2.25. The first-order valence-corrected chi connectivity index (χ1v) is 4.49. The molecule has 1 N–H and O–H groups in total. The van der Waals surface area contributed by atoms with E-state index in [0.29, 0.717) is 17.9 Å². The van der Waals surface area contributed by atoms with Gasteiger partial charge in [0.15, 0.2) is 5.82 Å². The quantitative estimate of drug-likeness (QED) is 0.721. The van der Waals surface area contributed by atoms with Gasteiger partial charge < -0.3 is 14.7 Å². The summed E-state index contributed by atoms with van der Waals surface area (Å²) in [4.78, 5) is 6.37. The number of nitrogens with one attached hydrogen (secondary N) is 1. The molecule has 0 aromatic carbocycles. The van der Waals surface area contributed by atoms with Gasteiger partial charge in [-0.05, 0) is 26.9 Å². The van der Waals surface area contributed by atoms with Crippen LogP contribution in [-0.2, 0) is 0 Å². The van der Waals surface area contributed by atoms with Gasteiger partial charge in [0.05, 0.1) is 0 Å². The third-order valence-electron chi connectivity index (χ3n) is 2.25. The average Bonchev–Trinajstić information content (AvgIpc) is 2.62. The molecule has 0 radical (unpaired) electrons. The summed E-state index contributed by atoms with van der Waals surface area (Å²) in [5.41, 5.74) is 0. The van der Waals surface area contributed by atoms with Gasteiger partial charge in [0.2, 0.25) is 0 Å². The summed E-state index contributed by atoms with van der Waals surface area (Å²) in [5, 5.41) is 6.93. The molecule has 72 valence electrons. The molecule has 2 heterocycles. The van der Waals surface area contributed by atoms with Crippen molar-refractivity contribution in [3.8, 4) is 0 Å². The average molecular weight is 182 g/mol. The monoisotopic (exact) mass is 182 g/mol. The summed E-state index contributed by atoms with van der Waals surface area (Å²) in [7, 11) is 2.11. The van der Waals surface area contributed by atoms with Crippen molar-refractivity contribution in [1.82, 2.24) is 15.0 Å². The van der Waals surface area contributed by atoms with E-state index >= 15 is 0 Å². The van der Waals surface area contributed by atoms with Gasteiger partial charge in [0.1, 0.15) is 0 Å². The fraction of sp³-hybridized carbons (Fsp3) is 0.750. The Morgan fingerprint density at radius 3 is 3.00 bits per heavy atom. The Hall–Kier alpha value is -1.10. The molecule has 5 nitrogen and oxygen atoms in total. The van der Waals surface area contributed by atoms with Gasteiger partial charge in [-0.1, -0.05) is 5.16 Å². The molecule has 1 aromatic heterocycles. The second-order valence-electron chi connectivity index (χ2n) is 3.54. The Bertz CT molecular complexity index is 285. The Labute approximate surface area is 77.1 Å². The number of hydrogen-bond acceptors (Lipinski definition) is 5.